The first-order chi connectivity index (χ1) is 9.40. The molecule has 0 radical (unpaired) electrons. The lowest BCUT2D eigenvalue weighted by molar-refractivity contribution is -0.152. The van der Waals surface area contributed by atoms with Crippen molar-refractivity contribution < 1.29 is 14.7 Å². The predicted octanol–water partition coefficient (Wildman–Crippen LogP) is 2.78. The van der Waals surface area contributed by atoms with Crippen molar-refractivity contribution in [1.29, 1.82) is 0 Å². The Morgan fingerprint density at radius 1 is 1.45 bits per heavy atom. The van der Waals surface area contributed by atoms with Crippen LogP contribution in [0.5, 0.6) is 0 Å². The maximum absolute atomic E-state index is 12.1. The van der Waals surface area contributed by atoms with Gasteiger partial charge in [0.1, 0.15) is 0 Å². The van der Waals surface area contributed by atoms with Gasteiger partial charge in [0.15, 0.2) is 0 Å². The third-order valence-corrected chi connectivity index (χ3v) is 4.64. The van der Waals surface area contributed by atoms with Crippen molar-refractivity contribution in [2.24, 2.45) is 5.41 Å². The summed E-state index contributed by atoms with van der Waals surface area (Å²) in [7, 11) is 0. The molecule has 5 heteroatoms. The number of aryl methyl sites for hydroxylation is 1. The lowest BCUT2D eigenvalue weighted by Crippen LogP contribution is -2.47. The standard InChI is InChI=1S/C15H19NO3S/c1-11-4-5-12(20-11)6-7-13(17)16-9-3-8-15(2,10-16)14(18)19/h4-7H,3,8-10H2,1-2H3,(H,18,19). The van der Waals surface area contributed by atoms with Crippen LogP contribution in [0, 0.1) is 12.3 Å². The molecule has 2 rings (SSSR count). The first kappa shape index (κ1) is 14.8. The molecule has 0 aliphatic carbocycles. The van der Waals surface area contributed by atoms with E-state index in [9.17, 15) is 14.7 Å². The van der Waals surface area contributed by atoms with Crippen molar-refractivity contribution >= 4 is 29.3 Å². The molecule has 1 fully saturated rings. The molecule has 0 aromatic carbocycles. The maximum Gasteiger partial charge on any atom is 0.311 e. The number of carboxylic acid groups (broad SMARTS) is 1. The normalized spacial score (nSPS) is 23.2. The minimum atomic E-state index is -0.826. The van der Waals surface area contributed by atoms with E-state index in [1.807, 2.05) is 19.1 Å². The first-order valence-electron chi connectivity index (χ1n) is 6.67. The number of aliphatic carboxylic acids is 1. The van der Waals surface area contributed by atoms with E-state index in [0.29, 0.717) is 13.0 Å². The van der Waals surface area contributed by atoms with Gasteiger partial charge in [-0.05, 0) is 44.9 Å². The van der Waals surface area contributed by atoms with Crippen LogP contribution in [0.25, 0.3) is 6.08 Å². The van der Waals surface area contributed by atoms with Crippen molar-refractivity contribution in [2.45, 2.75) is 26.7 Å². The van der Waals surface area contributed by atoms with E-state index in [4.69, 9.17) is 0 Å². The van der Waals surface area contributed by atoms with Crippen LogP contribution in [-0.2, 0) is 9.59 Å². The molecule has 1 aliphatic rings. The Balaban J connectivity index is 2.02. The van der Waals surface area contributed by atoms with Crippen LogP contribution in [0.4, 0.5) is 0 Å². The quantitative estimate of drug-likeness (QED) is 0.872. The Bertz CT molecular complexity index is 549. The highest BCUT2D eigenvalue weighted by atomic mass is 32.1. The summed E-state index contributed by atoms with van der Waals surface area (Å²) in [6.45, 7) is 4.65. The van der Waals surface area contributed by atoms with Gasteiger partial charge in [0.2, 0.25) is 5.91 Å². The average molecular weight is 293 g/mol. The highest BCUT2D eigenvalue weighted by Crippen LogP contribution is 2.29. The number of piperidine rings is 1. The highest BCUT2D eigenvalue weighted by molar-refractivity contribution is 7.12. The number of carbonyl (C=O) groups excluding carboxylic acids is 1. The van der Waals surface area contributed by atoms with Crippen LogP contribution < -0.4 is 0 Å². The van der Waals surface area contributed by atoms with Gasteiger partial charge in [0, 0.05) is 28.9 Å². The fourth-order valence-electron chi connectivity index (χ4n) is 2.40. The summed E-state index contributed by atoms with van der Waals surface area (Å²) in [6.07, 6.45) is 4.70. The third-order valence-electron chi connectivity index (χ3n) is 3.68. The van der Waals surface area contributed by atoms with Gasteiger partial charge >= 0.3 is 5.97 Å². The Hall–Kier alpha value is -1.62. The molecular formula is C15H19NO3S. The van der Waals surface area contributed by atoms with Crippen molar-refractivity contribution in [3.8, 4) is 0 Å². The molecule has 0 spiro atoms. The van der Waals surface area contributed by atoms with Crippen LogP contribution >= 0.6 is 11.3 Å². The number of carbonyl (C=O) groups is 2. The minimum absolute atomic E-state index is 0.108. The second-order valence-corrected chi connectivity index (χ2v) is 6.83. The van der Waals surface area contributed by atoms with Crippen molar-refractivity contribution in [3.63, 3.8) is 0 Å². The van der Waals surface area contributed by atoms with Crippen molar-refractivity contribution in [2.75, 3.05) is 13.1 Å². The summed E-state index contributed by atoms with van der Waals surface area (Å²) >= 11 is 1.63. The van der Waals surface area contributed by atoms with Crippen molar-refractivity contribution in [1.82, 2.24) is 4.90 Å². The zero-order chi connectivity index (χ0) is 14.8. The largest absolute Gasteiger partial charge is 0.481 e. The fourth-order valence-corrected chi connectivity index (χ4v) is 3.18. The Kier molecular flexibility index (Phi) is 4.28. The number of hydrogen-bond donors (Lipinski definition) is 1. The molecule has 4 nitrogen and oxygen atoms in total. The first-order valence-corrected chi connectivity index (χ1v) is 7.49. The lowest BCUT2D eigenvalue weighted by Gasteiger charge is -2.37. The molecule has 1 unspecified atom stereocenters. The van der Waals surface area contributed by atoms with Gasteiger partial charge in [-0.1, -0.05) is 0 Å². The predicted molar refractivity (Wildman–Crippen MR) is 79.6 cm³/mol. The minimum Gasteiger partial charge on any atom is -0.481 e. The smallest absolute Gasteiger partial charge is 0.311 e. The summed E-state index contributed by atoms with van der Waals surface area (Å²) in [4.78, 5) is 27.3. The van der Waals surface area contributed by atoms with Gasteiger partial charge in [-0.25, -0.2) is 0 Å². The van der Waals surface area contributed by atoms with E-state index >= 15 is 0 Å². The van der Waals surface area contributed by atoms with Gasteiger partial charge in [-0.3, -0.25) is 9.59 Å². The van der Waals surface area contributed by atoms with E-state index in [1.165, 1.54) is 4.88 Å². The molecule has 2 heterocycles. The number of rotatable bonds is 3. The van der Waals surface area contributed by atoms with Crippen LogP contribution in [0.3, 0.4) is 0 Å². The number of thiophene rings is 1. The molecule has 1 aliphatic heterocycles. The maximum atomic E-state index is 12.1. The van der Waals surface area contributed by atoms with E-state index < -0.39 is 11.4 Å². The Morgan fingerprint density at radius 2 is 2.20 bits per heavy atom. The van der Waals surface area contributed by atoms with Crippen LogP contribution in [0.15, 0.2) is 18.2 Å². The number of amides is 1. The number of hydrogen-bond acceptors (Lipinski definition) is 3. The summed E-state index contributed by atoms with van der Waals surface area (Å²) in [5.41, 5.74) is -0.818. The van der Waals surface area contributed by atoms with Gasteiger partial charge in [-0.15, -0.1) is 11.3 Å². The SMILES string of the molecule is Cc1ccc(C=CC(=O)N2CCCC(C)(C(=O)O)C2)s1. The van der Waals surface area contributed by atoms with Crippen LogP contribution in [-0.4, -0.2) is 35.0 Å². The van der Waals surface area contributed by atoms with Gasteiger partial charge in [-0.2, -0.15) is 0 Å². The van der Waals surface area contributed by atoms with Crippen LogP contribution in [0.1, 0.15) is 29.5 Å². The topological polar surface area (TPSA) is 57.6 Å². The zero-order valence-electron chi connectivity index (χ0n) is 11.8. The second-order valence-electron chi connectivity index (χ2n) is 5.51. The molecule has 1 aromatic heterocycles. The molecule has 1 atom stereocenters. The van der Waals surface area contributed by atoms with E-state index in [-0.39, 0.29) is 12.5 Å². The molecule has 108 valence electrons. The summed E-state index contributed by atoms with van der Waals surface area (Å²) in [5.74, 6) is -0.934. The van der Waals surface area contributed by atoms with Crippen molar-refractivity contribution in [3.05, 3.63) is 28.0 Å². The van der Waals surface area contributed by atoms with Gasteiger partial charge in [0.25, 0.3) is 0 Å². The molecule has 0 bridgehead atoms. The number of nitrogens with zero attached hydrogens (tertiary/aromatic N) is 1. The summed E-state index contributed by atoms with van der Waals surface area (Å²) in [5, 5.41) is 9.25. The monoisotopic (exact) mass is 293 g/mol. The Morgan fingerprint density at radius 3 is 2.80 bits per heavy atom. The summed E-state index contributed by atoms with van der Waals surface area (Å²) < 4.78 is 0. The van der Waals surface area contributed by atoms with Gasteiger partial charge in [0.05, 0.1) is 5.41 Å². The molecule has 1 saturated heterocycles. The van der Waals surface area contributed by atoms with Gasteiger partial charge < -0.3 is 10.0 Å². The van der Waals surface area contributed by atoms with E-state index in [1.54, 1.807) is 35.3 Å². The summed E-state index contributed by atoms with van der Waals surface area (Å²) in [6, 6.07) is 3.98. The molecular weight excluding hydrogens is 274 g/mol. The number of carboxylic acids is 1. The van der Waals surface area contributed by atoms with E-state index in [0.717, 1.165) is 11.3 Å². The highest BCUT2D eigenvalue weighted by Gasteiger charge is 2.38. The molecule has 1 aromatic rings. The molecule has 20 heavy (non-hydrogen) atoms. The molecule has 1 N–H and O–H groups in total. The third kappa shape index (κ3) is 3.28. The number of likely N-dealkylation sites (tertiary alicyclic amines) is 1. The lowest BCUT2D eigenvalue weighted by atomic mass is 9.82. The molecule has 0 saturated carbocycles. The second kappa shape index (κ2) is 5.79. The zero-order valence-corrected chi connectivity index (χ0v) is 12.6. The molecule has 1 amide bonds. The van der Waals surface area contributed by atoms with Crippen LogP contribution in [0.2, 0.25) is 0 Å². The van der Waals surface area contributed by atoms with E-state index in [2.05, 4.69) is 0 Å². The Labute approximate surface area is 122 Å². The fraction of sp³-hybridized carbons (Fsp3) is 0.467. The average Bonchev–Trinajstić information content (AvgIpc) is 2.81.